The lowest BCUT2D eigenvalue weighted by molar-refractivity contribution is -0.142. The third kappa shape index (κ3) is 4.91. The van der Waals surface area contributed by atoms with Crippen molar-refractivity contribution in [2.24, 2.45) is 0 Å². The maximum atomic E-state index is 13.2. The zero-order valence-electron chi connectivity index (χ0n) is 9.63. The van der Waals surface area contributed by atoms with Crippen molar-refractivity contribution in [2.75, 3.05) is 13.2 Å². The Kier molecular flexibility index (Phi) is 5.56. The molecule has 1 aromatic carbocycles. The molecule has 0 aliphatic carbocycles. The van der Waals surface area contributed by atoms with Gasteiger partial charge in [-0.15, -0.1) is 0 Å². The van der Waals surface area contributed by atoms with Gasteiger partial charge in [-0.05, 0) is 25.1 Å². The fourth-order valence-corrected chi connectivity index (χ4v) is 1.33. The van der Waals surface area contributed by atoms with Crippen LogP contribution < -0.4 is 5.32 Å². The summed E-state index contributed by atoms with van der Waals surface area (Å²) >= 11 is 0. The lowest BCUT2D eigenvalue weighted by atomic mass is 10.2. The number of hydrogen-bond acceptors (Lipinski definition) is 3. The topological polar surface area (TPSA) is 38.3 Å². The van der Waals surface area contributed by atoms with Crippen molar-refractivity contribution < 1.29 is 18.3 Å². The molecule has 1 rings (SSSR count). The second-order valence-electron chi connectivity index (χ2n) is 3.47. The molecular formula is C12H15F2NO2. The Morgan fingerprint density at radius 1 is 1.41 bits per heavy atom. The number of carbonyl (C=O) groups is 1. The number of nitrogens with one attached hydrogen (secondary N) is 1. The molecule has 0 radical (unpaired) electrons. The third-order valence-electron chi connectivity index (χ3n) is 2.13. The van der Waals surface area contributed by atoms with Gasteiger partial charge in [-0.3, -0.25) is 4.79 Å². The molecular weight excluding hydrogens is 228 g/mol. The van der Waals surface area contributed by atoms with Gasteiger partial charge in [0.1, 0.15) is 11.6 Å². The average Bonchev–Trinajstić information content (AvgIpc) is 2.29. The highest BCUT2D eigenvalue weighted by atomic mass is 19.1. The molecule has 0 fully saturated rings. The van der Waals surface area contributed by atoms with E-state index in [0.717, 1.165) is 18.2 Å². The summed E-state index contributed by atoms with van der Waals surface area (Å²) < 4.78 is 30.7. The van der Waals surface area contributed by atoms with E-state index >= 15 is 0 Å². The predicted molar refractivity (Wildman–Crippen MR) is 59.3 cm³/mol. The van der Waals surface area contributed by atoms with Crippen LogP contribution in [-0.2, 0) is 16.1 Å². The van der Waals surface area contributed by atoms with E-state index in [4.69, 9.17) is 4.74 Å². The molecule has 1 N–H and O–H groups in total. The van der Waals surface area contributed by atoms with E-state index in [2.05, 4.69) is 5.32 Å². The quantitative estimate of drug-likeness (QED) is 0.613. The van der Waals surface area contributed by atoms with Crippen LogP contribution in [0, 0.1) is 11.6 Å². The molecule has 17 heavy (non-hydrogen) atoms. The van der Waals surface area contributed by atoms with Crippen LogP contribution in [0.25, 0.3) is 0 Å². The molecule has 0 saturated carbocycles. The number of esters is 1. The number of benzene rings is 1. The van der Waals surface area contributed by atoms with Gasteiger partial charge >= 0.3 is 5.97 Å². The van der Waals surface area contributed by atoms with Crippen LogP contribution in [0.15, 0.2) is 18.2 Å². The van der Waals surface area contributed by atoms with Crippen LogP contribution in [0.1, 0.15) is 18.9 Å². The van der Waals surface area contributed by atoms with Crippen molar-refractivity contribution in [3.8, 4) is 0 Å². The molecule has 0 bridgehead atoms. The second kappa shape index (κ2) is 6.96. The molecule has 3 nitrogen and oxygen atoms in total. The van der Waals surface area contributed by atoms with Gasteiger partial charge in [-0.25, -0.2) is 8.78 Å². The Bertz CT molecular complexity index is 383. The van der Waals surface area contributed by atoms with Gasteiger partial charge in [-0.2, -0.15) is 0 Å². The summed E-state index contributed by atoms with van der Waals surface area (Å²) in [6.45, 7) is 2.63. The van der Waals surface area contributed by atoms with E-state index in [1.54, 1.807) is 6.92 Å². The van der Waals surface area contributed by atoms with Crippen LogP contribution in [0.2, 0.25) is 0 Å². The summed E-state index contributed by atoms with van der Waals surface area (Å²) in [5, 5.41) is 2.85. The molecule has 0 aliphatic rings. The largest absolute Gasteiger partial charge is 0.466 e. The summed E-state index contributed by atoms with van der Waals surface area (Å²) in [4.78, 5) is 11.0. The number of halogens is 2. The minimum Gasteiger partial charge on any atom is -0.466 e. The van der Waals surface area contributed by atoms with E-state index in [0.29, 0.717) is 13.2 Å². The molecule has 1 aromatic rings. The summed E-state index contributed by atoms with van der Waals surface area (Å²) in [6.07, 6.45) is 0.213. The maximum Gasteiger partial charge on any atom is 0.307 e. The number of rotatable bonds is 6. The van der Waals surface area contributed by atoms with Crippen molar-refractivity contribution in [3.63, 3.8) is 0 Å². The molecule has 5 heteroatoms. The second-order valence-corrected chi connectivity index (χ2v) is 3.47. The highest BCUT2D eigenvalue weighted by Gasteiger charge is 2.04. The number of carbonyl (C=O) groups excluding carboxylic acids is 1. The summed E-state index contributed by atoms with van der Waals surface area (Å²) in [7, 11) is 0. The molecule has 0 heterocycles. The molecule has 94 valence electrons. The SMILES string of the molecule is CCOC(=O)CCNCc1cc(F)ccc1F. The third-order valence-corrected chi connectivity index (χ3v) is 2.13. The van der Waals surface area contributed by atoms with Crippen molar-refractivity contribution in [3.05, 3.63) is 35.4 Å². The van der Waals surface area contributed by atoms with E-state index < -0.39 is 11.6 Å². The van der Waals surface area contributed by atoms with Crippen LogP contribution in [-0.4, -0.2) is 19.1 Å². The van der Waals surface area contributed by atoms with Crippen LogP contribution in [0.3, 0.4) is 0 Å². The normalized spacial score (nSPS) is 10.3. The summed E-state index contributed by atoms with van der Waals surface area (Å²) in [6, 6.07) is 3.28. The zero-order chi connectivity index (χ0) is 12.7. The van der Waals surface area contributed by atoms with Crippen LogP contribution in [0.5, 0.6) is 0 Å². The number of ether oxygens (including phenoxy) is 1. The molecule has 0 aliphatic heterocycles. The molecule has 0 unspecified atom stereocenters. The highest BCUT2D eigenvalue weighted by Crippen LogP contribution is 2.08. The first-order valence-corrected chi connectivity index (χ1v) is 5.43. The monoisotopic (exact) mass is 243 g/mol. The fourth-order valence-electron chi connectivity index (χ4n) is 1.33. The lowest BCUT2D eigenvalue weighted by Crippen LogP contribution is -2.19. The first kappa shape index (κ1) is 13.6. The minimum absolute atomic E-state index is 0.184. The molecule has 0 saturated heterocycles. The molecule has 0 atom stereocenters. The molecule has 0 aromatic heterocycles. The van der Waals surface area contributed by atoms with Crippen molar-refractivity contribution >= 4 is 5.97 Å². The van der Waals surface area contributed by atoms with Gasteiger partial charge in [0.2, 0.25) is 0 Å². The van der Waals surface area contributed by atoms with Crippen molar-refractivity contribution in [1.82, 2.24) is 5.32 Å². The van der Waals surface area contributed by atoms with Gasteiger partial charge < -0.3 is 10.1 Å². The molecule has 0 spiro atoms. The average molecular weight is 243 g/mol. The Balaban J connectivity index is 2.31. The highest BCUT2D eigenvalue weighted by molar-refractivity contribution is 5.69. The summed E-state index contributed by atoms with van der Waals surface area (Å²) in [5.41, 5.74) is 0.244. The van der Waals surface area contributed by atoms with Crippen molar-refractivity contribution in [1.29, 1.82) is 0 Å². The van der Waals surface area contributed by atoms with E-state index in [1.165, 1.54) is 0 Å². The first-order chi connectivity index (χ1) is 8.13. The predicted octanol–water partition coefficient (Wildman–Crippen LogP) is 2.01. The Morgan fingerprint density at radius 2 is 2.18 bits per heavy atom. The smallest absolute Gasteiger partial charge is 0.307 e. The van der Waals surface area contributed by atoms with Crippen LogP contribution in [0.4, 0.5) is 8.78 Å². The Labute approximate surface area is 98.8 Å². The fraction of sp³-hybridized carbons (Fsp3) is 0.417. The first-order valence-electron chi connectivity index (χ1n) is 5.43. The summed E-state index contributed by atoms with van der Waals surface area (Å²) in [5.74, 6) is -1.25. The zero-order valence-corrected chi connectivity index (χ0v) is 9.63. The van der Waals surface area contributed by atoms with E-state index in [1.807, 2.05) is 0 Å². The standard InChI is InChI=1S/C12H15F2NO2/c1-2-17-12(16)5-6-15-8-9-7-10(13)3-4-11(9)14/h3-4,7,15H,2,5-6,8H2,1H3. The van der Waals surface area contributed by atoms with Gasteiger partial charge in [0, 0.05) is 18.7 Å². The minimum atomic E-state index is -0.478. The Hall–Kier alpha value is -1.49. The van der Waals surface area contributed by atoms with Crippen molar-refractivity contribution in [2.45, 2.75) is 19.9 Å². The van der Waals surface area contributed by atoms with E-state index in [-0.39, 0.29) is 24.5 Å². The number of hydrogen-bond donors (Lipinski definition) is 1. The maximum absolute atomic E-state index is 13.2. The van der Waals surface area contributed by atoms with Gasteiger partial charge in [0.05, 0.1) is 13.0 Å². The Morgan fingerprint density at radius 3 is 2.88 bits per heavy atom. The van der Waals surface area contributed by atoms with Crippen LogP contribution >= 0.6 is 0 Å². The van der Waals surface area contributed by atoms with Gasteiger partial charge in [0.25, 0.3) is 0 Å². The lowest BCUT2D eigenvalue weighted by Gasteiger charge is -2.06. The molecule has 0 amide bonds. The van der Waals surface area contributed by atoms with Gasteiger partial charge in [-0.1, -0.05) is 0 Å². The van der Waals surface area contributed by atoms with E-state index in [9.17, 15) is 13.6 Å². The van der Waals surface area contributed by atoms with Gasteiger partial charge in [0.15, 0.2) is 0 Å².